The molecule has 106 valence electrons. The Morgan fingerprint density at radius 1 is 1.25 bits per heavy atom. The maximum atomic E-state index is 12.3. The van der Waals surface area contributed by atoms with Crippen molar-refractivity contribution in [2.24, 2.45) is 5.92 Å². The lowest BCUT2D eigenvalue weighted by Crippen LogP contribution is -2.58. The monoisotopic (exact) mass is 314 g/mol. The predicted octanol–water partition coefficient (Wildman–Crippen LogP) is 2.99. The van der Waals surface area contributed by atoms with Crippen molar-refractivity contribution >= 4 is 46.7 Å². The van der Waals surface area contributed by atoms with Crippen LogP contribution in [0, 0.1) is 5.92 Å². The summed E-state index contributed by atoms with van der Waals surface area (Å²) in [6.07, 6.45) is 1.02. The molecule has 2 rings (SSSR count). The number of anilines is 1. The Kier molecular flexibility index (Phi) is 4.30. The van der Waals surface area contributed by atoms with Gasteiger partial charge in [0.05, 0.1) is 15.7 Å². The topological polar surface area (TPSA) is 66.5 Å². The number of halogens is 2. The van der Waals surface area contributed by atoms with E-state index in [1.54, 1.807) is 12.1 Å². The fourth-order valence-electron chi connectivity index (χ4n) is 2.05. The third-order valence-electron chi connectivity index (χ3n) is 3.02. The van der Waals surface area contributed by atoms with Gasteiger partial charge in [0.25, 0.3) is 0 Å². The Hall–Kier alpha value is -1.59. The fraction of sp³-hybridized carbons (Fsp3) is 0.308. The summed E-state index contributed by atoms with van der Waals surface area (Å²) in [6, 6.07) is 3.82. The molecule has 1 aromatic carbocycles. The van der Waals surface area contributed by atoms with Gasteiger partial charge in [0.2, 0.25) is 11.8 Å². The average molecular weight is 315 g/mol. The Morgan fingerprint density at radius 2 is 1.95 bits per heavy atom. The highest BCUT2D eigenvalue weighted by atomic mass is 35.5. The summed E-state index contributed by atoms with van der Waals surface area (Å²) >= 11 is 11.9. The second-order valence-electron chi connectivity index (χ2n) is 4.38. The summed E-state index contributed by atoms with van der Waals surface area (Å²) in [7, 11) is 0. The van der Waals surface area contributed by atoms with Crippen LogP contribution in [-0.4, -0.2) is 17.8 Å². The maximum Gasteiger partial charge on any atom is 0.335 e. The molecule has 0 bridgehead atoms. The molecule has 1 atom stereocenters. The average Bonchev–Trinajstić information content (AvgIpc) is 2.39. The van der Waals surface area contributed by atoms with Gasteiger partial charge in [0, 0.05) is 0 Å². The van der Waals surface area contributed by atoms with Gasteiger partial charge in [-0.05, 0) is 18.6 Å². The first-order valence-corrected chi connectivity index (χ1v) is 6.85. The highest BCUT2D eigenvalue weighted by Gasteiger charge is 2.41. The molecule has 1 aliphatic heterocycles. The first-order valence-electron chi connectivity index (χ1n) is 6.10. The van der Waals surface area contributed by atoms with Gasteiger partial charge in [-0.1, -0.05) is 42.6 Å². The van der Waals surface area contributed by atoms with Gasteiger partial charge in [0.1, 0.15) is 5.92 Å². The zero-order valence-corrected chi connectivity index (χ0v) is 12.2. The largest absolute Gasteiger partial charge is 0.335 e. The van der Waals surface area contributed by atoms with E-state index in [0.717, 1.165) is 4.90 Å². The Balaban J connectivity index is 2.44. The number of hydrogen-bond donors (Lipinski definition) is 1. The molecule has 4 amide bonds. The summed E-state index contributed by atoms with van der Waals surface area (Å²) in [4.78, 5) is 36.8. The molecular formula is C13H12Cl2N2O3. The molecule has 7 heteroatoms. The maximum absolute atomic E-state index is 12.3. The molecule has 0 aromatic heterocycles. The van der Waals surface area contributed by atoms with E-state index in [-0.39, 0.29) is 15.7 Å². The Bertz CT molecular complexity index is 589. The number of benzene rings is 1. The molecule has 0 spiro atoms. The number of nitrogens with zero attached hydrogens (tertiary/aromatic N) is 1. The van der Waals surface area contributed by atoms with Gasteiger partial charge >= 0.3 is 6.03 Å². The van der Waals surface area contributed by atoms with Crippen LogP contribution in [0.3, 0.4) is 0 Å². The molecule has 1 saturated heterocycles. The highest BCUT2D eigenvalue weighted by molar-refractivity contribution is 6.45. The van der Waals surface area contributed by atoms with Crippen molar-refractivity contribution in [3.63, 3.8) is 0 Å². The van der Waals surface area contributed by atoms with Crippen LogP contribution >= 0.6 is 23.2 Å². The van der Waals surface area contributed by atoms with Crippen LogP contribution in [0.25, 0.3) is 0 Å². The van der Waals surface area contributed by atoms with Crippen molar-refractivity contribution in [1.82, 2.24) is 5.32 Å². The summed E-state index contributed by atoms with van der Waals surface area (Å²) < 4.78 is 0. The first-order chi connectivity index (χ1) is 9.47. The van der Waals surface area contributed by atoms with Gasteiger partial charge in [-0.15, -0.1) is 0 Å². The third kappa shape index (κ3) is 2.51. The lowest BCUT2D eigenvalue weighted by molar-refractivity contribution is -0.134. The summed E-state index contributed by atoms with van der Waals surface area (Å²) in [5.41, 5.74) is 0.176. The van der Waals surface area contributed by atoms with E-state index in [0.29, 0.717) is 12.8 Å². The number of urea groups is 1. The van der Waals surface area contributed by atoms with E-state index in [9.17, 15) is 14.4 Å². The van der Waals surface area contributed by atoms with Crippen LogP contribution in [-0.2, 0) is 9.59 Å². The molecule has 1 unspecified atom stereocenters. The number of imide groups is 2. The van der Waals surface area contributed by atoms with Crippen molar-refractivity contribution in [2.75, 3.05) is 4.90 Å². The Labute approximate surface area is 125 Å². The first kappa shape index (κ1) is 14.8. The van der Waals surface area contributed by atoms with Crippen molar-refractivity contribution in [3.05, 3.63) is 28.2 Å². The van der Waals surface area contributed by atoms with E-state index >= 15 is 0 Å². The quantitative estimate of drug-likeness (QED) is 0.872. The number of amides is 4. The van der Waals surface area contributed by atoms with E-state index in [1.807, 2.05) is 6.92 Å². The molecule has 5 nitrogen and oxygen atoms in total. The second kappa shape index (κ2) is 5.81. The lowest BCUT2D eigenvalue weighted by Gasteiger charge is -2.30. The van der Waals surface area contributed by atoms with Crippen LogP contribution in [0.15, 0.2) is 18.2 Å². The van der Waals surface area contributed by atoms with Crippen LogP contribution in [0.5, 0.6) is 0 Å². The number of barbiturate groups is 1. The molecule has 0 saturated carbocycles. The standard InChI is InChI=1S/C13H12Cl2N2O3/c1-2-4-7-11(18)16-13(20)17(12(7)19)9-6-3-5-8(14)10(9)15/h3,5-7H,2,4H2,1H3,(H,16,18,20). The molecule has 20 heavy (non-hydrogen) atoms. The zero-order chi connectivity index (χ0) is 14.9. The van der Waals surface area contributed by atoms with E-state index in [1.165, 1.54) is 6.07 Å². The molecule has 0 radical (unpaired) electrons. The fourth-order valence-corrected chi connectivity index (χ4v) is 2.43. The second-order valence-corrected chi connectivity index (χ2v) is 5.17. The minimum atomic E-state index is -0.882. The van der Waals surface area contributed by atoms with Gasteiger partial charge in [0.15, 0.2) is 0 Å². The van der Waals surface area contributed by atoms with Crippen molar-refractivity contribution in [1.29, 1.82) is 0 Å². The Morgan fingerprint density at radius 3 is 2.60 bits per heavy atom. The molecule has 1 aromatic rings. The molecule has 1 aliphatic rings. The van der Waals surface area contributed by atoms with Crippen LogP contribution < -0.4 is 10.2 Å². The predicted molar refractivity (Wildman–Crippen MR) is 75.9 cm³/mol. The SMILES string of the molecule is CCCC1C(=O)NC(=O)N(c2cccc(Cl)c2Cl)C1=O. The molecular weight excluding hydrogens is 303 g/mol. The van der Waals surface area contributed by atoms with E-state index in [2.05, 4.69) is 5.32 Å². The van der Waals surface area contributed by atoms with Crippen LogP contribution in [0.2, 0.25) is 10.0 Å². The normalized spacial score (nSPS) is 19.2. The number of rotatable bonds is 3. The zero-order valence-electron chi connectivity index (χ0n) is 10.7. The molecule has 0 aliphatic carbocycles. The molecule has 1 heterocycles. The van der Waals surface area contributed by atoms with Crippen LogP contribution in [0.1, 0.15) is 19.8 Å². The minimum Gasteiger partial charge on any atom is -0.277 e. The smallest absolute Gasteiger partial charge is 0.277 e. The highest BCUT2D eigenvalue weighted by Crippen LogP contribution is 2.34. The third-order valence-corrected chi connectivity index (χ3v) is 3.83. The summed E-state index contributed by atoms with van der Waals surface area (Å²) in [6.45, 7) is 1.85. The number of carbonyl (C=O) groups is 3. The van der Waals surface area contributed by atoms with Gasteiger partial charge < -0.3 is 0 Å². The van der Waals surface area contributed by atoms with Crippen molar-refractivity contribution in [2.45, 2.75) is 19.8 Å². The number of nitrogens with one attached hydrogen (secondary N) is 1. The molecule has 1 fully saturated rings. The van der Waals surface area contributed by atoms with E-state index in [4.69, 9.17) is 23.2 Å². The molecule has 1 N–H and O–H groups in total. The lowest BCUT2D eigenvalue weighted by atomic mass is 9.99. The van der Waals surface area contributed by atoms with Crippen LogP contribution in [0.4, 0.5) is 10.5 Å². The summed E-state index contributed by atoms with van der Waals surface area (Å²) in [5.74, 6) is -2.03. The summed E-state index contributed by atoms with van der Waals surface area (Å²) in [5, 5.41) is 2.49. The van der Waals surface area contributed by atoms with Gasteiger partial charge in [-0.25, -0.2) is 9.69 Å². The minimum absolute atomic E-state index is 0.0993. The van der Waals surface area contributed by atoms with Crippen molar-refractivity contribution in [3.8, 4) is 0 Å². The van der Waals surface area contributed by atoms with Crippen molar-refractivity contribution < 1.29 is 14.4 Å². The number of hydrogen-bond acceptors (Lipinski definition) is 3. The van der Waals surface area contributed by atoms with E-state index < -0.39 is 23.8 Å². The van der Waals surface area contributed by atoms with Gasteiger partial charge in [-0.3, -0.25) is 14.9 Å². The van der Waals surface area contributed by atoms with Gasteiger partial charge in [-0.2, -0.15) is 0 Å². The number of carbonyl (C=O) groups excluding carboxylic acids is 3.